The van der Waals surface area contributed by atoms with Crippen LogP contribution < -0.4 is 20.7 Å². The van der Waals surface area contributed by atoms with Crippen molar-refractivity contribution in [3.05, 3.63) is 71.0 Å². The summed E-state index contributed by atoms with van der Waals surface area (Å²) in [6, 6.07) is 13.9. The van der Waals surface area contributed by atoms with E-state index in [9.17, 15) is 22.8 Å². The summed E-state index contributed by atoms with van der Waals surface area (Å²) in [6.45, 7) is -0.0622. The van der Waals surface area contributed by atoms with Crippen molar-refractivity contribution in [2.75, 3.05) is 51.6 Å². The lowest BCUT2D eigenvalue weighted by molar-refractivity contribution is -0.154. The molecule has 3 aromatic rings. The van der Waals surface area contributed by atoms with Gasteiger partial charge in [-0.25, -0.2) is 9.59 Å². The van der Waals surface area contributed by atoms with Crippen LogP contribution >= 0.6 is 0 Å². The first-order valence-electron chi connectivity index (χ1n) is 14.1. The molecule has 0 spiro atoms. The Morgan fingerprint density at radius 2 is 1.22 bits per heavy atom. The van der Waals surface area contributed by atoms with Gasteiger partial charge in [0.05, 0.1) is 26.4 Å². The van der Waals surface area contributed by atoms with Gasteiger partial charge in [-0.15, -0.1) is 0 Å². The van der Waals surface area contributed by atoms with Crippen LogP contribution in [0.5, 0.6) is 6.01 Å². The maximum atomic E-state index is 12.8. The van der Waals surface area contributed by atoms with Crippen molar-refractivity contribution in [3.8, 4) is 6.01 Å². The summed E-state index contributed by atoms with van der Waals surface area (Å²) in [5, 5.41) is 8.25. The number of nitrogens with zero attached hydrogens (tertiary/aromatic N) is 3. The topological polar surface area (TPSA) is 155 Å². The van der Waals surface area contributed by atoms with Crippen LogP contribution in [0, 0.1) is 0 Å². The summed E-state index contributed by atoms with van der Waals surface area (Å²) in [6.07, 6.45) is -5.01. The fourth-order valence-electron chi connectivity index (χ4n) is 3.85. The van der Waals surface area contributed by atoms with E-state index >= 15 is 0 Å². The van der Waals surface area contributed by atoms with Crippen molar-refractivity contribution in [1.29, 1.82) is 0 Å². The first-order valence-corrected chi connectivity index (χ1v) is 14.1. The van der Waals surface area contributed by atoms with Crippen molar-refractivity contribution in [3.63, 3.8) is 0 Å². The number of aryl methyl sites for hydroxylation is 2. The van der Waals surface area contributed by atoms with Crippen molar-refractivity contribution in [1.82, 2.24) is 25.6 Å². The molecule has 0 aliphatic carbocycles. The fraction of sp³-hybridized carbons (Fsp3) is 0.414. The molecule has 13 nitrogen and oxygen atoms in total. The molecule has 0 unspecified atom stereocenters. The van der Waals surface area contributed by atoms with Gasteiger partial charge in [0.15, 0.2) is 6.61 Å². The number of fused-ring (bicyclic) bond motifs is 2. The van der Waals surface area contributed by atoms with Crippen LogP contribution in [0.1, 0.15) is 22.5 Å². The number of nitrogens with one attached hydrogen (secondary N) is 3. The SMILES string of the molecule is O=C1NCc2ccc(cc2)CCc2nc(nc(OCC(F)(F)F)n2)Nc2ccc(cc2)CNC(=O)OCCOCCOCCO1. The minimum atomic E-state index is -4.57. The van der Waals surface area contributed by atoms with Crippen molar-refractivity contribution in [2.45, 2.75) is 32.1 Å². The van der Waals surface area contributed by atoms with Crippen molar-refractivity contribution >= 4 is 23.8 Å². The fourth-order valence-corrected chi connectivity index (χ4v) is 3.85. The molecule has 0 radical (unpaired) electrons. The Morgan fingerprint density at radius 1 is 0.689 bits per heavy atom. The Hall–Kier alpha value is -4.70. The molecule has 3 N–H and O–H groups in total. The Kier molecular flexibility index (Phi) is 12.5. The van der Waals surface area contributed by atoms with E-state index in [1.165, 1.54) is 0 Å². The first kappa shape index (κ1) is 33.2. The zero-order valence-electron chi connectivity index (χ0n) is 24.2. The molecule has 0 fully saturated rings. The average Bonchev–Trinajstić information content (AvgIpc) is 3.02. The number of rotatable bonds is 2. The summed E-state index contributed by atoms with van der Waals surface area (Å²) >= 11 is 0. The third-order valence-electron chi connectivity index (χ3n) is 6.06. The molecule has 45 heavy (non-hydrogen) atoms. The van der Waals surface area contributed by atoms with Crippen molar-refractivity contribution in [2.24, 2.45) is 0 Å². The van der Waals surface area contributed by atoms with Gasteiger partial charge in [0, 0.05) is 25.2 Å². The predicted octanol–water partition coefficient (Wildman–Crippen LogP) is 3.84. The van der Waals surface area contributed by atoms with Gasteiger partial charge in [0.25, 0.3) is 0 Å². The van der Waals surface area contributed by atoms with Crippen LogP contribution in [0.3, 0.4) is 0 Å². The number of anilines is 2. The maximum absolute atomic E-state index is 12.8. The average molecular weight is 635 g/mol. The smallest absolute Gasteiger partial charge is 0.422 e. The van der Waals surface area contributed by atoms with Gasteiger partial charge in [0.2, 0.25) is 5.95 Å². The monoisotopic (exact) mass is 634 g/mol. The second kappa shape index (κ2) is 17.0. The van der Waals surface area contributed by atoms with Gasteiger partial charge in [-0.05, 0) is 35.2 Å². The molecule has 0 saturated heterocycles. The van der Waals surface area contributed by atoms with E-state index in [1.54, 1.807) is 24.3 Å². The molecule has 242 valence electrons. The number of amides is 2. The Labute approximate surface area is 256 Å². The highest BCUT2D eigenvalue weighted by Crippen LogP contribution is 2.20. The highest BCUT2D eigenvalue weighted by atomic mass is 19.4. The van der Waals surface area contributed by atoms with Gasteiger partial charge >= 0.3 is 24.4 Å². The van der Waals surface area contributed by atoms with Gasteiger partial charge in [-0.2, -0.15) is 28.1 Å². The lowest BCUT2D eigenvalue weighted by atomic mass is 10.1. The van der Waals surface area contributed by atoms with Crippen LogP contribution in [0.4, 0.5) is 34.4 Å². The highest BCUT2D eigenvalue weighted by molar-refractivity contribution is 5.67. The number of hydrogen-bond donors (Lipinski definition) is 3. The molecular weight excluding hydrogens is 601 g/mol. The zero-order chi connectivity index (χ0) is 31.9. The number of benzene rings is 2. The zero-order valence-corrected chi connectivity index (χ0v) is 24.2. The van der Waals surface area contributed by atoms with Crippen LogP contribution in [0.15, 0.2) is 48.5 Å². The van der Waals surface area contributed by atoms with Crippen molar-refractivity contribution < 1.29 is 46.4 Å². The normalized spacial score (nSPS) is 16.3. The lowest BCUT2D eigenvalue weighted by Gasteiger charge is -2.12. The number of carbonyl (C=O) groups excluding carboxylic acids is 2. The minimum absolute atomic E-state index is 0.00776. The van der Waals surface area contributed by atoms with Crippen LogP contribution in [-0.2, 0) is 44.9 Å². The number of ether oxygens (including phenoxy) is 5. The summed E-state index contributed by atoms with van der Waals surface area (Å²) in [7, 11) is 0. The quantitative estimate of drug-likeness (QED) is 0.377. The van der Waals surface area contributed by atoms with E-state index in [-0.39, 0.29) is 64.5 Å². The standard InChI is InChI=1S/C29H33F3N6O7/c30-29(31,32)19-45-26-37-24-10-7-20-1-3-21(4-2-20)17-33-27(39)43-15-13-41-11-12-42-14-16-44-28(40)34-18-22-5-8-23(9-6-22)35-25(36-24)38-26/h1-6,8-9H,7,10-19H2,(H,33,39)(H,34,40)(H,35,36,37,38). The number of halogens is 3. The Morgan fingerprint density at radius 3 is 1.80 bits per heavy atom. The van der Waals surface area contributed by atoms with E-state index < -0.39 is 31.0 Å². The summed E-state index contributed by atoms with van der Waals surface area (Å²) in [5.41, 5.74) is 3.08. The maximum Gasteiger partial charge on any atom is 0.422 e. The van der Waals surface area contributed by atoms with Gasteiger partial charge < -0.3 is 39.6 Å². The second-order valence-electron chi connectivity index (χ2n) is 9.60. The van der Waals surface area contributed by atoms with Gasteiger partial charge in [-0.1, -0.05) is 36.4 Å². The number of hydrogen-bond acceptors (Lipinski definition) is 11. The number of carbonyl (C=O) groups is 2. The van der Waals surface area contributed by atoms with E-state index in [0.717, 1.165) is 16.7 Å². The summed E-state index contributed by atoms with van der Waals surface area (Å²) in [4.78, 5) is 36.3. The predicted molar refractivity (Wildman–Crippen MR) is 153 cm³/mol. The second-order valence-corrected chi connectivity index (χ2v) is 9.60. The highest BCUT2D eigenvalue weighted by Gasteiger charge is 2.29. The van der Waals surface area contributed by atoms with Gasteiger partial charge in [0.1, 0.15) is 19.0 Å². The molecule has 0 saturated carbocycles. The van der Waals surface area contributed by atoms with Crippen LogP contribution in [0.25, 0.3) is 0 Å². The van der Waals surface area contributed by atoms with Gasteiger partial charge in [-0.3, -0.25) is 0 Å². The lowest BCUT2D eigenvalue weighted by Crippen LogP contribution is -2.25. The number of aromatic nitrogens is 3. The third-order valence-corrected chi connectivity index (χ3v) is 6.06. The molecule has 2 amide bonds. The van der Waals surface area contributed by atoms with Crippen LogP contribution in [0.2, 0.25) is 0 Å². The first-order chi connectivity index (χ1) is 21.7. The summed E-state index contributed by atoms with van der Waals surface area (Å²) in [5.74, 6) is 0.236. The summed E-state index contributed by atoms with van der Waals surface area (Å²) < 4.78 is 64.1. The molecule has 3 aliphatic heterocycles. The Bertz CT molecular complexity index is 1380. The Balaban J connectivity index is 1.45. The van der Waals surface area contributed by atoms with E-state index in [1.807, 2.05) is 24.3 Å². The molecule has 4 heterocycles. The third kappa shape index (κ3) is 12.8. The molecule has 6 bridgehead atoms. The molecule has 0 atom stereocenters. The molecule has 1 aromatic heterocycles. The number of alkyl carbamates (subject to hydrolysis) is 2. The largest absolute Gasteiger partial charge is 0.454 e. The molecule has 6 rings (SSSR count). The minimum Gasteiger partial charge on any atom is -0.454 e. The molecular formula is C29H33F3N6O7. The van der Waals surface area contributed by atoms with E-state index in [2.05, 4.69) is 30.9 Å². The van der Waals surface area contributed by atoms with E-state index in [4.69, 9.17) is 23.7 Å². The number of alkyl halides is 3. The molecule has 3 aliphatic rings. The molecule has 16 heteroatoms. The molecule has 2 aromatic carbocycles. The van der Waals surface area contributed by atoms with Crippen LogP contribution in [-0.4, -0.2) is 79.6 Å². The van der Waals surface area contributed by atoms with E-state index in [0.29, 0.717) is 18.5 Å².